The molecule has 0 aliphatic rings. The smallest absolute Gasteiger partial charge is 0.289 e. The minimum absolute atomic E-state index is 0.0173. The summed E-state index contributed by atoms with van der Waals surface area (Å²) in [4.78, 5) is 22.8. The first-order chi connectivity index (χ1) is 15.0. The summed E-state index contributed by atoms with van der Waals surface area (Å²) in [7, 11) is 3.08. The standard InChI is InChI=1S/C21H19N5O5/c1-30-19-10-9-15(12-20(19)31-2)16-13-17(24-23-16)21(27)25-22-11-5-7-14-6-3-4-8-18(14)26(28)29/h3-13H,1-2H3,(H,23,24)(H,25,27)/b7-5+,22-11-. The molecule has 0 radical (unpaired) electrons. The number of amides is 1. The third-order valence-corrected chi connectivity index (χ3v) is 4.24. The Kier molecular flexibility index (Phi) is 6.74. The summed E-state index contributed by atoms with van der Waals surface area (Å²) < 4.78 is 10.5. The molecule has 0 aliphatic heterocycles. The summed E-state index contributed by atoms with van der Waals surface area (Å²) in [5.41, 5.74) is 4.27. The number of methoxy groups -OCH3 is 2. The van der Waals surface area contributed by atoms with Crippen molar-refractivity contribution in [1.29, 1.82) is 0 Å². The fraction of sp³-hybridized carbons (Fsp3) is 0.0952. The van der Waals surface area contributed by atoms with Crippen molar-refractivity contribution >= 4 is 23.9 Å². The Bertz CT molecular complexity index is 1150. The monoisotopic (exact) mass is 421 g/mol. The second-order valence-electron chi connectivity index (χ2n) is 6.13. The molecule has 0 spiro atoms. The van der Waals surface area contributed by atoms with Gasteiger partial charge in [-0.3, -0.25) is 20.0 Å². The average molecular weight is 421 g/mol. The number of para-hydroxylation sites is 1. The number of nitrogens with zero attached hydrogens (tertiary/aromatic N) is 3. The van der Waals surface area contributed by atoms with Crippen LogP contribution in [0, 0.1) is 10.1 Å². The quantitative estimate of drug-likeness (QED) is 0.325. The van der Waals surface area contributed by atoms with Crippen molar-refractivity contribution in [2.45, 2.75) is 0 Å². The molecular formula is C21H19N5O5. The highest BCUT2D eigenvalue weighted by Crippen LogP contribution is 2.31. The summed E-state index contributed by atoms with van der Waals surface area (Å²) in [6, 6.07) is 13.2. The zero-order valence-corrected chi connectivity index (χ0v) is 16.7. The molecule has 1 amide bonds. The molecule has 0 saturated carbocycles. The maximum absolute atomic E-state index is 12.2. The van der Waals surface area contributed by atoms with E-state index >= 15 is 0 Å². The van der Waals surface area contributed by atoms with Gasteiger partial charge in [0.2, 0.25) is 0 Å². The van der Waals surface area contributed by atoms with E-state index in [1.165, 1.54) is 31.5 Å². The van der Waals surface area contributed by atoms with Crippen LogP contribution < -0.4 is 14.9 Å². The van der Waals surface area contributed by atoms with Gasteiger partial charge >= 0.3 is 0 Å². The average Bonchev–Trinajstić information content (AvgIpc) is 3.29. The number of nitrogens with one attached hydrogen (secondary N) is 2. The van der Waals surface area contributed by atoms with Gasteiger partial charge in [-0.15, -0.1) is 0 Å². The molecule has 10 nitrogen and oxygen atoms in total. The largest absolute Gasteiger partial charge is 0.493 e. The summed E-state index contributed by atoms with van der Waals surface area (Å²) in [6.07, 6.45) is 4.34. The van der Waals surface area contributed by atoms with Gasteiger partial charge in [-0.1, -0.05) is 12.1 Å². The number of nitro benzene ring substituents is 1. The molecule has 3 aromatic rings. The lowest BCUT2D eigenvalue weighted by atomic mass is 10.1. The van der Waals surface area contributed by atoms with Crippen LogP contribution in [0.5, 0.6) is 11.5 Å². The van der Waals surface area contributed by atoms with Gasteiger partial charge < -0.3 is 9.47 Å². The number of H-pyrrole nitrogens is 1. The molecule has 0 aliphatic carbocycles. The number of allylic oxidation sites excluding steroid dienone is 1. The van der Waals surface area contributed by atoms with E-state index in [0.717, 1.165) is 5.56 Å². The van der Waals surface area contributed by atoms with Crippen molar-refractivity contribution in [3.05, 3.63) is 76.0 Å². The molecule has 1 aromatic heterocycles. The molecule has 0 unspecified atom stereocenters. The topological polar surface area (TPSA) is 132 Å². The van der Waals surface area contributed by atoms with Gasteiger partial charge in [0, 0.05) is 17.8 Å². The van der Waals surface area contributed by atoms with Crippen LogP contribution in [-0.4, -0.2) is 41.5 Å². The molecule has 1 heterocycles. The van der Waals surface area contributed by atoms with Crippen molar-refractivity contribution in [1.82, 2.24) is 15.6 Å². The molecule has 10 heteroatoms. The Hall–Kier alpha value is -4.47. The molecule has 2 aromatic carbocycles. The van der Waals surface area contributed by atoms with Crippen LogP contribution in [-0.2, 0) is 0 Å². The van der Waals surface area contributed by atoms with Gasteiger partial charge in [-0.2, -0.15) is 10.2 Å². The Morgan fingerprint density at radius 3 is 2.68 bits per heavy atom. The Morgan fingerprint density at radius 1 is 1.16 bits per heavy atom. The number of aromatic nitrogens is 2. The van der Waals surface area contributed by atoms with Crippen molar-refractivity contribution in [3.63, 3.8) is 0 Å². The Morgan fingerprint density at radius 2 is 1.94 bits per heavy atom. The zero-order valence-electron chi connectivity index (χ0n) is 16.7. The van der Waals surface area contributed by atoms with E-state index in [4.69, 9.17) is 9.47 Å². The van der Waals surface area contributed by atoms with Crippen LogP contribution in [0.3, 0.4) is 0 Å². The fourth-order valence-corrected chi connectivity index (χ4v) is 2.72. The summed E-state index contributed by atoms with van der Waals surface area (Å²) in [5.74, 6) is 0.640. The number of rotatable bonds is 8. The molecule has 3 rings (SSSR count). The first kappa shape index (κ1) is 21.2. The van der Waals surface area contributed by atoms with E-state index < -0.39 is 10.8 Å². The van der Waals surface area contributed by atoms with Crippen LogP contribution in [0.15, 0.2) is 59.7 Å². The second-order valence-corrected chi connectivity index (χ2v) is 6.13. The molecule has 158 valence electrons. The van der Waals surface area contributed by atoms with Crippen molar-refractivity contribution < 1.29 is 19.2 Å². The highest BCUT2D eigenvalue weighted by atomic mass is 16.6. The molecule has 0 fully saturated rings. The van der Waals surface area contributed by atoms with E-state index in [0.29, 0.717) is 22.8 Å². The number of ether oxygens (including phenoxy) is 2. The van der Waals surface area contributed by atoms with Gasteiger partial charge in [0.05, 0.1) is 30.4 Å². The van der Waals surface area contributed by atoms with E-state index in [1.807, 2.05) is 0 Å². The Labute approximate surface area is 177 Å². The van der Waals surface area contributed by atoms with Crippen LogP contribution in [0.4, 0.5) is 5.69 Å². The first-order valence-corrected chi connectivity index (χ1v) is 9.04. The fourth-order valence-electron chi connectivity index (χ4n) is 2.72. The molecule has 31 heavy (non-hydrogen) atoms. The minimum Gasteiger partial charge on any atom is -0.493 e. The van der Waals surface area contributed by atoms with E-state index in [9.17, 15) is 14.9 Å². The second kappa shape index (κ2) is 9.83. The number of benzene rings is 2. The van der Waals surface area contributed by atoms with Crippen molar-refractivity contribution in [2.75, 3.05) is 14.2 Å². The van der Waals surface area contributed by atoms with Crippen molar-refractivity contribution in [2.24, 2.45) is 5.10 Å². The van der Waals surface area contributed by atoms with Gasteiger partial charge in [0.25, 0.3) is 11.6 Å². The third-order valence-electron chi connectivity index (χ3n) is 4.24. The lowest BCUT2D eigenvalue weighted by Crippen LogP contribution is -2.17. The van der Waals surface area contributed by atoms with Crippen LogP contribution in [0.2, 0.25) is 0 Å². The highest BCUT2D eigenvalue weighted by Gasteiger charge is 2.13. The number of carbonyl (C=O) groups excluding carboxylic acids is 1. The Balaban J connectivity index is 1.64. The highest BCUT2D eigenvalue weighted by molar-refractivity contribution is 5.94. The number of carbonyl (C=O) groups is 1. The SMILES string of the molecule is COc1ccc(-c2cc(C(=O)N/N=C\C=C\c3ccccc3[N+](=O)[O-])[nH]n2)cc1OC. The van der Waals surface area contributed by atoms with Crippen molar-refractivity contribution in [3.8, 4) is 22.8 Å². The van der Waals surface area contributed by atoms with Crippen LogP contribution in [0.1, 0.15) is 16.1 Å². The predicted molar refractivity (Wildman–Crippen MR) is 115 cm³/mol. The molecule has 0 saturated heterocycles. The predicted octanol–water partition coefficient (Wildman–Crippen LogP) is 3.43. The zero-order chi connectivity index (χ0) is 22.2. The van der Waals surface area contributed by atoms with Crippen LogP contribution >= 0.6 is 0 Å². The minimum atomic E-state index is -0.491. The van der Waals surface area contributed by atoms with Gasteiger partial charge in [-0.05, 0) is 42.5 Å². The number of nitro groups is 1. The molecular weight excluding hydrogens is 402 g/mol. The maximum Gasteiger partial charge on any atom is 0.289 e. The van der Waals surface area contributed by atoms with E-state index in [1.54, 1.807) is 49.6 Å². The van der Waals surface area contributed by atoms with Gasteiger partial charge in [-0.25, -0.2) is 5.43 Å². The number of hydrogen-bond acceptors (Lipinski definition) is 7. The number of hydrazone groups is 1. The van der Waals surface area contributed by atoms with Gasteiger partial charge in [0.15, 0.2) is 11.5 Å². The normalized spacial score (nSPS) is 11.0. The third kappa shape index (κ3) is 5.12. The lowest BCUT2D eigenvalue weighted by Gasteiger charge is -2.08. The van der Waals surface area contributed by atoms with Crippen LogP contribution in [0.25, 0.3) is 17.3 Å². The number of hydrogen-bond donors (Lipinski definition) is 2. The van der Waals surface area contributed by atoms with E-state index in [2.05, 4.69) is 20.7 Å². The maximum atomic E-state index is 12.2. The molecule has 2 N–H and O–H groups in total. The summed E-state index contributed by atoms with van der Waals surface area (Å²) in [5, 5.41) is 21.6. The molecule has 0 atom stereocenters. The van der Waals surface area contributed by atoms with E-state index in [-0.39, 0.29) is 11.4 Å². The molecule has 0 bridgehead atoms. The summed E-state index contributed by atoms with van der Waals surface area (Å²) >= 11 is 0. The van der Waals surface area contributed by atoms with Gasteiger partial charge in [0.1, 0.15) is 5.69 Å². The number of aromatic amines is 1. The first-order valence-electron chi connectivity index (χ1n) is 9.04. The lowest BCUT2D eigenvalue weighted by molar-refractivity contribution is -0.385. The summed E-state index contributed by atoms with van der Waals surface area (Å²) in [6.45, 7) is 0.